The van der Waals surface area contributed by atoms with Gasteiger partial charge in [-0.05, 0) is 35.8 Å². The van der Waals surface area contributed by atoms with Crippen molar-refractivity contribution < 1.29 is 4.74 Å². The summed E-state index contributed by atoms with van der Waals surface area (Å²) in [6.45, 7) is 5.22. The maximum atomic E-state index is 5.54. The molecule has 0 spiro atoms. The summed E-state index contributed by atoms with van der Waals surface area (Å²) in [4.78, 5) is 0. The second-order valence-corrected chi connectivity index (χ2v) is 4.90. The van der Waals surface area contributed by atoms with Crippen molar-refractivity contribution in [3.8, 4) is 0 Å². The van der Waals surface area contributed by atoms with Gasteiger partial charge in [-0.15, -0.1) is 0 Å². The van der Waals surface area contributed by atoms with Crippen LogP contribution < -0.4 is 5.32 Å². The fraction of sp³-hybridized carbons (Fsp3) is 0.750. The van der Waals surface area contributed by atoms with Crippen LogP contribution in [0.4, 0.5) is 0 Å². The Bertz CT molecular complexity index is 336. The van der Waals surface area contributed by atoms with Crippen LogP contribution in [0.3, 0.4) is 0 Å². The van der Waals surface area contributed by atoms with Crippen LogP contribution in [0.5, 0.6) is 0 Å². The Balaban J connectivity index is 3.04. The van der Waals surface area contributed by atoms with Crippen LogP contribution in [0.1, 0.15) is 38.4 Å². The third-order valence-corrected chi connectivity index (χ3v) is 3.56. The number of nitrogens with zero attached hydrogens (tertiary/aromatic N) is 2. The highest BCUT2D eigenvalue weighted by atomic mass is 79.9. The summed E-state index contributed by atoms with van der Waals surface area (Å²) >= 11 is 3.58. The lowest BCUT2D eigenvalue weighted by Gasteiger charge is -2.26. The maximum absolute atomic E-state index is 5.54. The van der Waals surface area contributed by atoms with Crippen molar-refractivity contribution in [1.82, 2.24) is 15.1 Å². The molecule has 98 valence electrons. The second-order valence-electron chi connectivity index (χ2n) is 4.05. The van der Waals surface area contributed by atoms with Crippen molar-refractivity contribution in [2.24, 2.45) is 0 Å². The van der Waals surface area contributed by atoms with Crippen LogP contribution in [0.2, 0.25) is 0 Å². The largest absolute Gasteiger partial charge is 0.379 e. The predicted octanol–water partition coefficient (Wildman–Crippen LogP) is 2.74. The monoisotopic (exact) mass is 303 g/mol. The van der Waals surface area contributed by atoms with E-state index in [2.05, 4.69) is 40.2 Å². The van der Waals surface area contributed by atoms with Gasteiger partial charge in [-0.3, -0.25) is 4.68 Å². The highest BCUT2D eigenvalue weighted by Crippen LogP contribution is 2.28. The van der Waals surface area contributed by atoms with Gasteiger partial charge < -0.3 is 10.1 Å². The Morgan fingerprint density at radius 2 is 2.24 bits per heavy atom. The van der Waals surface area contributed by atoms with E-state index in [4.69, 9.17) is 4.74 Å². The van der Waals surface area contributed by atoms with E-state index in [1.54, 1.807) is 7.11 Å². The zero-order chi connectivity index (χ0) is 12.8. The number of nitrogens with one attached hydrogen (secondary N) is 1. The van der Waals surface area contributed by atoms with Crippen LogP contribution in [-0.4, -0.2) is 30.0 Å². The van der Waals surface area contributed by atoms with E-state index in [1.807, 2.05) is 17.9 Å². The number of aryl methyl sites for hydroxylation is 1. The van der Waals surface area contributed by atoms with Crippen LogP contribution in [0.15, 0.2) is 10.7 Å². The van der Waals surface area contributed by atoms with E-state index < -0.39 is 0 Å². The third-order valence-electron chi connectivity index (χ3n) is 2.95. The number of methoxy groups -OCH3 is 1. The molecular weight excluding hydrogens is 282 g/mol. The minimum atomic E-state index is 0.156. The number of hydrogen-bond acceptors (Lipinski definition) is 3. The van der Waals surface area contributed by atoms with Crippen LogP contribution in [0.25, 0.3) is 0 Å². The summed E-state index contributed by atoms with van der Waals surface area (Å²) in [5.74, 6) is 0. The number of halogens is 1. The van der Waals surface area contributed by atoms with Gasteiger partial charge in [0.1, 0.15) is 0 Å². The molecule has 0 saturated heterocycles. The van der Waals surface area contributed by atoms with Crippen molar-refractivity contribution in [3.05, 3.63) is 16.4 Å². The van der Waals surface area contributed by atoms with Gasteiger partial charge in [0, 0.05) is 13.7 Å². The molecule has 1 aromatic rings. The smallest absolute Gasteiger partial charge is 0.0778 e. The van der Waals surface area contributed by atoms with Gasteiger partial charge in [-0.25, -0.2) is 0 Å². The Labute approximate surface area is 112 Å². The van der Waals surface area contributed by atoms with E-state index in [-0.39, 0.29) is 12.1 Å². The molecule has 1 heterocycles. The van der Waals surface area contributed by atoms with E-state index >= 15 is 0 Å². The molecule has 0 amide bonds. The summed E-state index contributed by atoms with van der Waals surface area (Å²) in [6, 6.07) is 0.161. The minimum absolute atomic E-state index is 0.156. The fourth-order valence-corrected chi connectivity index (χ4v) is 2.65. The van der Waals surface area contributed by atoms with Gasteiger partial charge in [0.15, 0.2) is 0 Å². The predicted molar refractivity (Wildman–Crippen MR) is 73.1 cm³/mol. The van der Waals surface area contributed by atoms with Gasteiger partial charge >= 0.3 is 0 Å². The van der Waals surface area contributed by atoms with Crippen LogP contribution in [0, 0.1) is 0 Å². The van der Waals surface area contributed by atoms with Gasteiger partial charge in [0.05, 0.1) is 28.5 Å². The van der Waals surface area contributed by atoms with Gasteiger partial charge in [0.2, 0.25) is 0 Å². The lowest BCUT2D eigenvalue weighted by Crippen LogP contribution is -2.32. The first-order valence-electron chi connectivity index (χ1n) is 6.10. The number of rotatable bonds is 7. The topological polar surface area (TPSA) is 39.1 Å². The lowest BCUT2D eigenvalue weighted by atomic mass is 10.1. The Hall–Kier alpha value is -0.390. The lowest BCUT2D eigenvalue weighted by molar-refractivity contribution is 0.0645. The van der Waals surface area contributed by atoms with Crippen molar-refractivity contribution in [2.75, 3.05) is 14.2 Å². The molecule has 4 nitrogen and oxygen atoms in total. The van der Waals surface area contributed by atoms with Crippen LogP contribution >= 0.6 is 15.9 Å². The number of ether oxygens (including phenoxy) is 1. The molecule has 5 heteroatoms. The fourth-order valence-electron chi connectivity index (χ4n) is 2.11. The van der Waals surface area contributed by atoms with Crippen molar-refractivity contribution in [3.63, 3.8) is 0 Å². The van der Waals surface area contributed by atoms with E-state index in [0.29, 0.717) is 0 Å². The molecule has 1 aromatic heterocycles. The molecule has 0 saturated carbocycles. The van der Waals surface area contributed by atoms with Crippen LogP contribution in [-0.2, 0) is 11.3 Å². The molecule has 1 N–H and O–H groups in total. The average Bonchev–Trinajstić information content (AvgIpc) is 2.68. The SMILES string of the molecule is CCCn1ncc(Br)c1C(NC)C(CC)OC. The van der Waals surface area contributed by atoms with Crippen molar-refractivity contribution >= 4 is 15.9 Å². The average molecular weight is 304 g/mol. The molecule has 17 heavy (non-hydrogen) atoms. The Kier molecular flexibility index (Phi) is 6.16. The maximum Gasteiger partial charge on any atom is 0.0778 e. The molecule has 2 atom stereocenters. The first-order chi connectivity index (χ1) is 8.19. The minimum Gasteiger partial charge on any atom is -0.379 e. The van der Waals surface area contributed by atoms with Gasteiger partial charge in [-0.1, -0.05) is 13.8 Å². The zero-order valence-corrected chi connectivity index (χ0v) is 12.6. The zero-order valence-electron chi connectivity index (χ0n) is 11.0. The molecule has 0 aromatic carbocycles. The molecule has 0 bridgehead atoms. The number of likely N-dealkylation sites (N-methyl/N-ethyl adjacent to an activating group) is 1. The van der Waals surface area contributed by atoms with Gasteiger partial charge in [-0.2, -0.15) is 5.10 Å². The Morgan fingerprint density at radius 1 is 1.53 bits per heavy atom. The number of hydrogen-bond donors (Lipinski definition) is 1. The van der Waals surface area contributed by atoms with E-state index in [9.17, 15) is 0 Å². The van der Waals surface area contributed by atoms with Crippen molar-refractivity contribution in [2.45, 2.75) is 45.4 Å². The summed E-state index contributed by atoms with van der Waals surface area (Å²) in [7, 11) is 3.72. The summed E-state index contributed by atoms with van der Waals surface area (Å²) in [5.41, 5.74) is 1.17. The summed E-state index contributed by atoms with van der Waals surface area (Å²) in [6.07, 6.45) is 4.05. The molecule has 0 aliphatic heterocycles. The quantitative estimate of drug-likeness (QED) is 0.842. The molecule has 0 fully saturated rings. The van der Waals surface area contributed by atoms with Crippen molar-refractivity contribution in [1.29, 1.82) is 0 Å². The molecule has 0 radical (unpaired) electrons. The standard InChI is InChI=1S/C12H22BrN3O/c1-5-7-16-12(9(13)8-15-16)11(14-3)10(6-2)17-4/h8,10-11,14H,5-7H2,1-4H3. The third kappa shape index (κ3) is 3.30. The Morgan fingerprint density at radius 3 is 2.71 bits per heavy atom. The first kappa shape index (κ1) is 14.7. The second kappa shape index (κ2) is 7.13. The first-order valence-corrected chi connectivity index (χ1v) is 6.90. The molecule has 0 aliphatic carbocycles. The molecule has 2 unspecified atom stereocenters. The van der Waals surface area contributed by atoms with Gasteiger partial charge in [0.25, 0.3) is 0 Å². The van der Waals surface area contributed by atoms with E-state index in [1.165, 1.54) is 5.69 Å². The number of aromatic nitrogens is 2. The summed E-state index contributed by atoms with van der Waals surface area (Å²) in [5, 5.41) is 7.73. The van der Waals surface area contributed by atoms with E-state index in [0.717, 1.165) is 23.9 Å². The normalized spacial score (nSPS) is 14.9. The molecule has 1 rings (SSSR count). The molecular formula is C12H22BrN3O. The summed E-state index contributed by atoms with van der Waals surface area (Å²) < 4.78 is 8.63. The molecule has 0 aliphatic rings. The highest BCUT2D eigenvalue weighted by molar-refractivity contribution is 9.10. The highest BCUT2D eigenvalue weighted by Gasteiger charge is 2.25.